The van der Waals surface area contributed by atoms with Crippen LogP contribution in [0.2, 0.25) is 5.02 Å². The molecule has 2 aromatic carbocycles. The van der Waals surface area contributed by atoms with Gasteiger partial charge in [-0.2, -0.15) is 0 Å². The first-order valence-electron chi connectivity index (χ1n) is 10.8. The standard InChI is InChI=1S/C25H23ClFN5/c26-21-14-19(7-9-22(21)27)29-25-20-8-6-17(16-32-11-2-1-3-12-32)13-23(20)30-24(31-25)18-5-4-10-28-15-18/h4-10,13-15H,1-3,11-12,16H2,(H,29,30,31). The fourth-order valence-corrected chi connectivity index (χ4v) is 4.26. The summed E-state index contributed by atoms with van der Waals surface area (Å²) in [5.41, 5.74) is 3.57. The van der Waals surface area contributed by atoms with Crippen molar-refractivity contribution in [3.63, 3.8) is 0 Å². The predicted octanol–water partition coefficient (Wildman–Crippen LogP) is 6.21. The summed E-state index contributed by atoms with van der Waals surface area (Å²) < 4.78 is 13.6. The first-order chi connectivity index (χ1) is 15.7. The summed E-state index contributed by atoms with van der Waals surface area (Å²) in [5.74, 6) is 0.764. The number of halogens is 2. The maximum absolute atomic E-state index is 13.6. The van der Waals surface area contributed by atoms with Gasteiger partial charge in [-0.1, -0.05) is 24.1 Å². The number of piperidine rings is 1. The molecule has 0 radical (unpaired) electrons. The van der Waals surface area contributed by atoms with E-state index in [0.717, 1.165) is 36.1 Å². The first kappa shape index (κ1) is 20.8. The molecule has 0 amide bonds. The summed E-state index contributed by atoms with van der Waals surface area (Å²) in [6, 6.07) is 14.7. The van der Waals surface area contributed by atoms with Crippen LogP contribution in [0.25, 0.3) is 22.3 Å². The maximum Gasteiger partial charge on any atom is 0.163 e. The lowest BCUT2D eigenvalue weighted by atomic mass is 10.1. The maximum atomic E-state index is 13.6. The van der Waals surface area contributed by atoms with Gasteiger partial charge in [0.1, 0.15) is 11.6 Å². The lowest BCUT2D eigenvalue weighted by molar-refractivity contribution is 0.221. The predicted molar refractivity (Wildman–Crippen MR) is 127 cm³/mol. The van der Waals surface area contributed by atoms with Gasteiger partial charge in [0.15, 0.2) is 5.82 Å². The Morgan fingerprint density at radius 3 is 2.66 bits per heavy atom. The van der Waals surface area contributed by atoms with Gasteiger partial charge >= 0.3 is 0 Å². The molecular weight excluding hydrogens is 425 g/mol. The average Bonchev–Trinajstić information content (AvgIpc) is 2.82. The fourth-order valence-electron chi connectivity index (χ4n) is 4.08. The Morgan fingerprint density at radius 1 is 1.00 bits per heavy atom. The van der Waals surface area contributed by atoms with Gasteiger partial charge in [-0.25, -0.2) is 14.4 Å². The molecule has 1 fully saturated rings. The van der Waals surface area contributed by atoms with Crippen LogP contribution in [0.15, 0.2) is 60.9 Å². The molecule has 1 aliphatic heterocycles. The number of likely N-dealkylation sites (tertiary alicyclic amines) is 1. The zero-order valence-electron chi connectivity index (χ0n) is 17.6. The second-order valence-electron chi connectivity index (χ2n) is 8.08. The van der Waals surface area contributed by atoms with E-state index in [1.807, 2.05) is 12.1 Å². The van der Waals surface area contributed by atoms with E-state index in [1.165, 1.54) is 30.9 Å². The minimum absolute atomic E-state index is 0.0599. The highest BCUT2D eigenvalue weighted by atomic mass is 35.5. The molecule has 162 valence electrons. The number of aromatic nitrogens is 3. The van der Waals surface area contributed by atoms with Crippen molar-refractivity contribution in [3.8, 4) is 11.4 Å². The van der Waals surface area contributed by atoms with Crippen LogP contribution < -0.4 is 5.32 Å². The molecule has 1 saturated heterocycles. The number of nitrogens with one attached hydrogen (secondary N) is 1. The zero-order chi connectivity index (χ0) is 21.9. The van der Waals surface area contributed by atoms with Crippen molar-refractivity contribution >= 4 is 34.0 Å². The van der Waals surface area contributed by atoms with Crippen LogP contribution in [0.4, 0.5) is 15.9 Å². The van der Waals surface area contributed by atoms with Gasteiger partial charge in [0.2, 0.25) is 0 Å². The van der Waals surface area contributed by atoms with Gasteiger partial charge < -0.3 is 5.32 Å². The SMILES string of the molecule is Fc1ccc(Nc2nc(-c3cccnc3)nc3cc(CN4CCCCC4)ccc23)cc1Cl. The molecule has 0 spiro atoms. The number of fused-ring (bicyclic) bond motifs is 1. The molecule has 5 rings (SSSR count). The van der Waals surface area contributed by atoms with E-state index >= 15 is 0 Å². The van der Waals surface area contributed by atoms with Gasteiger partial charge in [0, 0.05) is 35.6 Å². The summed E-state index contributed by atoms with van der Waals surface area (Å²) in [5, 5.41) is 4.24. The molecule has 0 bridgehead atoms. The molecule has 0 aliphatic carbocycles. The summed E-state index contributed by atoms with van der Waals surface area (Å²) >= 11 is 5.98. The zero-order valence-corrected chi connectivity index (χ0v) is 18.3. The number of rotatable bonds is 5. The summed E-state index contributed by atoms with van der Waals surface area (Å²) in [7, 11) is 0. The topological polar surface area (TPSA) is 53.9 Å². The van der Waals surface area contributed by atoms with Crippen LogP contribution in [0.3, 0.4) is 0 Å². The van der Waals surface area contributed by atoms with E-state index < -0.39 is 5.82 Å². The van der Waals surface area contributed by atoms with Crippen molar-refractivity contribution < 1.29 is 4.39 Å². The third kappa shape index (κ3) is 4.56. The highest BCUT2D eigenvalue weighted by molar-refractivity contribution is 6.31. The number of pyridine rings is 1. The van der Waals surface area contributed by atoms with Crippen LogP contribution >= 0.6 is 11.6 Å². The lowest BCUT2D eigenvalue weighted by Gasteiger charge is -2.26. The molecule has 4 aromatic rings. The molecule has 5 nitrogen and oxygen atoms in total. The Kier molecular flexibility index (Phi) is 5.97. The molecule has 2 aromatic heterocycles. The number of nitrogens with zero attached hydrogens (tertiary/aromatic N) is 4. The molecule has 1 N–H and O–H groups in total. The van der Waals surface area contributed by atoms with Crippen LogP contribution in [0, 0.1) is 5.82 Å². The molecule has 3 heterocycles. The first-order valence-corrected chi connectivity index (χ1v) is 11.2. The summed E-state index contributed by atoms with van der Waals surface area (Å²) in [6.45, 7) is 3.19. The fraction of sp³-hybridized carbons (Fsp3) is 0.240. The summed E-state index contributed by atoms with van der Waals surface area (Å²) in [4.78, 5) is 16.3. The molecule has 0 unspecified atom stereocenters. The number of hydrogen-bond acceptors (Lipinski definition) is 5. The van der Waals surface area contributed by atoms with Crippen LogP contribution in [0.1, 0.15) is 24.8 Å². The third-order valence-electron chi connectivity index (χ3n) is 5.72. The molecule has 1 aliphatic rings. The normalized spacial score (nSPS) is 14.6. The van der Waals surface area contributed by atoms with E-state index in [-0.39, 0.29) is 5.02 Å². The van der Waals surface area contributed by atoms with Crippen molar-refractivity contribution in [1.29, 1.82) is 0 Å². The minimum Gasteiger partial charge on any atom is -0.340 e. The Balaban J connectivity index is 1.56. The van der Waals surface area contributed by atoms with E-state index in [4.69, 9.17) is 21.6 Å². The van der Waals surface area contributed by atoms with Crippen molar-refractivity contribution in [3.05, 3.63) is 77.3 Å². The average molecular weight is 448 g/mol. The van der Waals surface area contributed by atoms with Crippen molar-refractivity contribution in [2.75, 3.05) is 18.4 Å². The number of hydrogen-bond donors (Lipinski definition) is 1. The van der Waals surface area contributed by atoms with Gasteiger partial charge in [0.05, 0.1) is 10.5 Å². The quantitative estimate of drug-likeness (QED) is 0.394. The summed E-state index contributed by atoms with van der Waals surface area (Å²) in [6.07, 6.45) is 7.31. The Bertz CT molecular complexity index is 1240. The van der Waals surface area contributed by atoms with Crippen LogP contribution in [0.5, 0.6) is 0 Å². The Morgan fingerprint density at radius 2 is 1.88 bits per heavy atom. The highest BCUT2D eigenvalue weighted by Crippen LogP contribution is 2.30. The molecular formula is C25H23ClFN5. The number of anilines is 2. The van der Waals surface area contributed by atoms with Crippen molar-refractivity contribution in [1.82, 2.24) is 19.9 Å². The van der Waals surface area contributed by atoms with Gasteiger partial charge in [-0.05, 0) is 74.0 Å². The van der Waals surface area contributed by atoms with Crippen LogP contribution in [-0.4, -0.2) is 32.9 Å². The molecule has 32 heavy (non-hydrogen) atoms. The largest absolute Gasteiger partial charge is 0.340 e. The Labute approximate surface area is 191 Å². The highest BCUT2D eigenvalue weighted by Gasteiger charge is 2.14. The second kappa shape index (κ2) is 9.18. The number of benzene rings is 2. The van der Waals surface area contributed by atoms with E-state index in [2.05, 4.69) is 33.4 Å². The lowest BCUT2D eigenvalue weighted by Crippen LogP contribution is -2.29. The van der Waals surface area contributed by atoms with Gasteiger partial charge in [0.25, 0.3) is 0 Å². The van der Waals surface area contributed by atoms with Gasteiger partial charge in [-0.3, -0.25) is 9.88 Å². The monoisotopic (exact) mass is 447 g/mol. The molecule has 0 saturated carbocycles. The molecule has 7 heteroatoms. The smallest absolute Gasteiger partial charge is 0.163 e. The second-order valence-corrected chi connectivity index (χ2v) is 8.49. The van der Waals surface area contributed by atoms with Gasteiger partial charge in [-0.15, -0.1) is 0 Å². The van der Waals surface area contributed by atoms with E-state index in [0.29, 0.717) is 17.3 Å². The molecule has 0 atom stereocenters. The van der Waals surface area contributed by atoms with Crippen molar-refractivity contribution in [2.45, 2.75) is 25.8 Å². The van der Waals surface area contributed by atoms with Crippen LogP contribution in [-0.2, 0) is 6.54 Å². The van der Waals surface area contributed by atoms with E-state index in [9.17, 15) is 4.39 Å². The van der Waals surface area contributed by atoms with Crippen molar-refractivity contribution in [2.24, 2.45) is 0 Å². The van der Waals surface area contributed by atoms with E-state index in [1.54, 1.807) is 24.5 Å². The Hall–Kier alpha value is -3.09. The third-order valence-corrected chi connectivity index (χ3v) is 6.01. The minimum atomic E-state index is -0.455.